The number of fused-ring (bicyclic) bond motifs is 6. The quantitative estimate of drug-likeness (QED) is 0.187. The van der Waals surface area contributed by atoms with Crippen LogP contribution in [0.25, 0.3) is 100 Å². The smallest absolute Gasteiger partial charge is 0.160 e. The lowest BCUT2D eigenvalue weighted by Gasteiger charge is -2.13. The molecular weight excluding hydrogens is 615 g/mol. The van der Waals surface area contributed by atoms with Crippen LogP contribution in [0, 0.1) is 0 Å². The van der Waals surface area contributed by atoms with Gasteiger partial charge in [-0.2, -0.15) is 0 Å². The first kappa shape index (κ1) is 28.2. The third kappa shape index (κ3) is 4.52. The predicted octanol–water partition coefficient (Wildman–Crippen LogP) is 12.0. The van der Waals surface area contributed by atoms with Crippen molar-refractivity contribution in [1.29, 1.82) is 0 Å². The molecule has 0 saturated carbocycles. The Morgan fingerprint density at radius 2 is 0.960 bits per heavy atom. The van der Waals surface area contributed by atoms with Gasteiger partial charge >= 0.3 is 0 Å². The standard InChI is InChI=1S/C45H27N3O2/c1-2-13-28(14-3-1)45-47-38(30-16-5-4-15-29(30)37-21-10-11-26-46-37)27-39(48-45)35-25-24-34(44-42(35)36-18-7-9-23-41(36)50-44)33-20-12-19-32-31-17-6-8-22-40(31)49-43(32)33/h1-27H. The largest absolute Gasteiger partial charge is 0.455 e. The molecule has 10 rings (SSSR count). The first-order valence-corrected chi connectivity index (χ1v) is 16.6. The summed E-state index contributed by atoms with van der Waals surface area (Å²) >= 11 is 0. The van der Waals surface area contributed by atoms with Gasteiger partial charge in [-0.05, 0) is 36.4 Å². The van der Waals surface area contributed by atoms with Crippen LogP contribution in [0.2, 0.25) is 0 Å². The summed E-state index contributed by atoms with van der Waals surface area (Å²) in [5, 5.41) is 4.18. The van der Waals surface area contributed by atoms with E-state index in [1.165, 1.54) is 0 Å². The lowest BCUT2D eigenvalue weighted by molar-refractivity contribution is 0.665. The number of nitrogens with zero attached hydrogens (tertiary/aromatic N) is 3. The molecule has 0 aliphatic rings. The van der Waals surface area contributed by atoms with Gasteiger partial charge in [-0.15, -0.1) is 0 Å². The van der Waals surface area contributed by atoms with Gasteiger partial charge in [-0.25, -0.2) is 9.97 Å². The van der Waals surface area contributed by atoms with E-state index < -0.39 is 0 Å². The van der Waals surface area contributed by atoms with Crippen molar-refractivity contribution in [1.82, 2.24) is 15.0 Å². The molecule has 0 aliphatic heterocycles. The fourth-order valence-corrected chi connectivity index (χ4v) is 7.10. The molecule has 0 radical (unpaired) electrons. The number of para-hydroxylation sites is 3. The Labute approximate surface area is 287 Å². The molecule has 0 unspecified atom stereocenters. The van der Waals surface area contributed by atoms with Crippen LogP contribution in [0.3, 0.4) is 0 Å². The molecule has 0 spiro atoms. The Hall–Kier alpha value is -6.85. The summed E-state index contributed by atoms with van der Waals surface area (Å²) < 4.78 is 13.2. The number of rotatable bonds is 5. The normalized spacial score (nSPS) is 11.6. The highest BCUT2D eigenvalue weighted by Gasteiger charge is 2.22. The van der Waals surface area contributed by atoms with Gasteiger partial charge in [0, 0.05) is 61.1 Å². The molecule has 0 bridgehead atoms. The van der Waals surface area contributed by atoms with Crippen LogP contribution < -0.4 is 0 Å². The van der Waals surface area contributed by atoms with Crippen molar-refractivity contribution in [2.75, 3.05) is 0 Å². The van der Waals surface area contributed by atoms with E-state index in [0.29, 0.717) is 5.82 Å². The maximum Gasteiger partial charge on any atom is 0.160 e. The molecule has 50 heavy (non-hydrogen) atoms. The van der Waals surface area contributed by atoms with E-state index in [2.05, 4.69) is 71.7 Å². The van der Waals surface area contributed by atoms with Gasteiger partial charge in [0.2, 0.25) is 0 Å². The highest BCUT2D eigenvalue weighted by molar-refractivity contribution is 6.18. The Morgan fingerprint density at radius 1 is 0.380 bits per heavy atom. The van der Waals surface area contributed by atoms with Crippen LogP contribution in [0.1, 0.15) is 0 Å². The van der Waals surface area contributed by atoms with Crippen LogP contribution in [-0.2, 0) is 0 Å². The Balaban J connectivity index is 1.25. The van der Waals surface area contributed by atoms with Crippen LogP contribution in [0.15, 0.2) is 173 Å². The second kappa shape index (κ2) is 11.4. The summed E-state index contributed by atoms with van der Waals surface area (Å²) in [5.41, 5.74) is 11.6. The van der Waals surface area contributed by atoms with E-state index in [9.17, 15) is 0 Å². The van der Waals surface area contributed by atoms with Crippen molar-refractivity contribution >= 4 is 43.9 Å². The zero-order valence-electron chi connectivity index (χ0n) is 26.7. The minimum atomic E-state index is 0.644. The summed E-state index contributed by atoms with van der Waals surface area (Å²) in [6.45, 7) is 0. The van der Waals surface area contributed by atoms with Crippen molar-refractivity contribution in [2.24, 2.45) is 0 Å². The second-order valence-corrected chi connectivity index (χ2v) is 12.3. The van der Waals surface area contributed by atoms with Crippen molar-refractivity contribution in [3.05, 3.63) is 164 Å². The van der Waals surface area contributed by atoms with Gasteiger partial charge in [-0.1, -0.05) is 121 Å². The zero-order valence-corrected chi connectivity index (χ0v) is 26.7. The highest BCUT2D eigenvalue weighted by atomic mass is 16.3. The second-order valence-electron chi connectivity index (χ2n) is 12.3. The summed E-state index contributed by atoms with van der Waals surface area (Å²) in [6.07, 6.45) is 1.82. The van der Waals surface area contributed by atoms with Gasteiger partial charge in [0.25, 0.3) is 0 Å². The average molecular weight is 642 g/mol. The lowest BCUT2D eigenvalue weighted by atomic mass is 9.94. The van der Waals surface area contributed by atoms with Crippen LogP contribution in [0.4, 0.5) is 0 Å². The van der Waals surface area contributed by atoms with Gasteiger partial charge in [-0.3, -0.25) is 4.98 Å². The molecule has 0 saturated heterocycles. The number of pyridine rings is 1. The zero-order chi connectivity index (χ0) is 33.0. The summed E-state index contributed by atoms with van der Waals surface area (Å²) in [4.78, 5) is 15.1. The fraction of sp³-hybridized carbons (Fsp3) is 0. The fourth-order valence-electron chi connectivity index (χ4n) is 7.10. The molecule has 5 nitrogen and oxygen atoms in total. The highest BCUT2D eigenvalue weighted by Crippen LogP contribution is 2.45. The van der Waals surface area contributed by atoms with E-state index in [-0.39, 0.29) is 0 Å². The van der Waals surface area contributed by atoms with E-state index in [0.717, 1.165) is 94.3 Å². The third-order valence-corrected chi connectivity index (χ3v) is 9.40. The predicted molar refractivity (Wildman–Crippen MR) is 202 cm³/mol. The molecule has 10 aromatic rings. The van der Waals surface area contributed by atoms with Crippen LogP contribution in [0.5, 0.6) is 0 Å². The molecule has 0 atom stereocenters. The molecule has 6 aromatic carbocycles. The van der Waals surface area contributed by atoms with E-state index in [4.69, 9.17) is 18.8 Å². The van der Waals surface area contributed by atoms with Crippen molar-refractivity contribution in [2.45, 2.75) is 0 Å². The Kier molecular flexibility index (Phi) is 6.42. The molecule has 234 valence electrons. The number of hydrogen-bond donors (Lipinski definition) is 0. The average Bonchev–Trinajstić information content (AvgIpc) is 3.77. The maximum absolute atomic E-state index is 6.74. The molecule has 5 heteroatoms. The van der Waals surface area contributed by atoms with Crippen molar-refractivity contribution < 1.29 is 8.83 Å². The molecule has 0 aliphatic carbocycles. The summed E-state index contributed by atoms with van der Waals surface area (Å²) in [5.74, 6) is 0.644. The number of aromatic nitrogens is 3. The van der Waals surface area contributed by atoms with Gasteiger partial charge in [0.05, 0.1) is 17.1 Å². The third-order valence-electron chi connectivity index (χ3n) is 9.40. The monoisotopic (exact) mass is 641 g/mol. The molecule has 0 fully saturated rings. The minimum Gasteiger partial charge on any atom is -0.455 e. The van der Waals surface area contributed by atoms with Gasteiger partial charge < -0.3 is 8.83 Å². The van der Waals surface area contributed by atoms with Gasteiger partial charge in [0.1, 0.15) is 22.3 Å². The number of benzene rings is 6. The Morgan fingerprint density at radius 3 is 1.76 bits per heavy atom. The number of furan rings is 2. The molecule has 4 heterocycles. The van der Waals surface area contributed by atoms with Crippen molar-refractivity contribution in [3.63, 3.8) is 0 Å². The first-order valence-electron chi connectivity index (χ1n) is 16.6. The lowest BCUT2D eigenvalue weighted by Crippen LogP contribution is -1.98. The maximum atomic E-state index is 6.74. The first-order chi connectivity index (χ1) is 24.8. The summed E-state index contributed by atoms with van der Waals surface area (Å²) in [6, 6.07) is 53.4. The minimum absolute atomic E-state index is 0.644. The van der Waals surface area contributed by atoms with Crippen LogP contribution >= 0.6 is 0 Å². The summed E-state index contributed by atoms with van der Waals surface area (Å²) in [7, 11) is 0. The Bertz CT molecular complexity index is 2870. The van der Waals surface area contributed by atoms with Crippen LogP contribution in [-0.4, -0.2) is 15.0 Å². The molecule has 4 aromatic heterocycles. The molecule has 0 N–H and O–H groups in total. The van der Waals surface area contributed by atoms with E-state index in [1.807, 2.05) is 97.2 Å². The molecular formula is C45H27N3O2. The number of hydrogen-bond acceptors (Lipinski definition) is 5. The van der Waals surface area contributed by atoms with Crippen molar-refractivity contribution in [3.8, 4) is 56.3 Å². The molecule has 0 amide bonds. The SMILES string of the molecule is c1ccc(-c2nc(-c3ccccc3-c3ccccn3)cc(-c3ccc(-c4cccc5c4oc4ccccc45)c4oc5ccccc5c34)n2)cc1. The van der Waals surface area contributed by atoms with E-state index in [1.54, 1.807) is 0 Å². The topological polar surface area (TPSA) is 65.0 Å². The van der Waals surface area contributed by atoms with E-state index >= 15 is 0 Å². The van der Waals surface area contributed by atoms with Gasteiger partial charge in [0.15, 0.2) is 5.82 Å².